The molecular formula is C22H20N2O4S. The molecule has 0 radical (unpaired) electrons. The first-order valence-corrected chi connectivity index (χ1v) is 10.7. The molecule has 0 N–H and O–H groups in total. The van der Waals surface area contributed by atoms with Crippen LogP contribution in [0.2, 0.25) is 0 Å². The monoisotopic (exact) mass is 408 g/mol. The maximum absolute atomic E-state index is 13.0. The lowest BCUT2D eigenvalue weighted by atomic mass is 10.0. The molecule has 0 fully saturated rings. The van der Waals surface area contributed by atoms with Gasteiger partial charge in [0.15, 0.2) is 0 Å². The Morgan fingerprint density at radius 3 is 2.31 bits per heavy atom. The number of hydrogen-bond donors (Lipinski definition) is 0. The molecule has 0 spiro atoms. The van der Waals surface area contributed by atoms with Crippen LogP contribution in [-0.4, -0.2) is 24.7 Å². The molecule has 0 amide bonds. The van der Waals surface area contributed by atoms with Crippen LogP contribution < -0.4 is 0 Å². The van der Waals surface area contributed by atoms with E-state index in [2.05, 4.69) is 24.3 Å². The number of nitro groups is 1. The highest BCUT2D eigenvalue weighted by molar-refractivity contribution is 7.89. The number of rotatable bonds is 5. The van der Waals surface area contributed by atoms with Gasteiger partial charge >= 0.3 is 0 Å². The van der Waals surface area contributed by atoms with Gasteiger partial charge in [-0.3, -0.25) is 10.1 Å². The fourth-order valence-corrected chi connectivity index (χ4v) is 5.10. The van der Waals surface area contributed by atoms with E-state index in [-0.39, 0.29) is 16.6 Å². The Morgan fingerprint density at radius 2 is 1.62 bits per heavy atom. The Bertz CT molecular complexity index is 1200. The van der Waals surface area contributed by atoms with E-state index in [1.54, 1.807) is 0 Å². The molecule has 0 saturated carbocycles. The average molecular weight is 408 g/mol. The first kappa shape index (κ1) is 19.3. The fourth-order valence-electron chi connectivity index (χ4n) is 3.75. The van der Waals surface area contributed by atoms with E-state index in [0.717, 1.165) is 12.0 Å². The molecule has 6 nitrogen and oxygen atoms in total. The zero-order valence-electron chi connectivity index (χ0n) is 16.1. The lowest BCUT2D eigenvalue weighted by molar-refractivity contribution is -0.384. The predicted molar refractivity (Wildman–Crippen MR) is 111 cm³/mol. The van der Waals surface area contributed by atoms with Crippen molar-refractivity contribution in [2.45, 2.75) is 24.3 Å². The van der Waals surface area contributed by atoms with Crippen molar-refractivity contribution in [1.82, 2.24) is 4.31 Å². The lowest BCUT2D eigenvalue weighted by Gasteiger charge is -2.25. The number of benzene rings is 3. The van der Waals surface area contributed by atoms with Gasteiger partial charge in [-0.25, -0.2) is 8.42 Å². The number of sulfonamides is 1. The SMILES string of the molecule is CC(c1ccc2c(c1)Cc1ccccc1-2)N(C)S(=O)(=O)c1ccc([N+](=O)[O-])cc1. The molecule has 4 rings (SSSR count). The number of nitrogens with zero attached hydrogens (tertiary/aromatic N) is 2. The zero-order chi connectivity index (χ0) is 20.8. The van der Waals surface area contributed by atoms with E-state index in [9.17, 15) is 18.5 Å². The number of nitro benzene ring substituents is 1. The summed E-state index contributed by atoms with van der Waals surface area (Å²) in [5, 5.41) is 10.8. The molecule has 1 aliphatic rings. The van der Waals surface area contributed by atoms with Gasteiger partial charge in [0.25, 0.3) is 5.69 Å². The zero-order valence-corrected chi connectivity index (χ0v) is 16.9. The summed E-state index contributed by atoms with van der Waals surface area (Å²) >= 11 is 0. The average Bonchev–Trinajstić information content (AvgIpc) is 3.10. The van der Waals surface area contributed by atoms with E-state index in [0.29, 0.717) is 0 Å². The largest absolute Gasteiger partial charge is 0.269 e. The highest BCUT2D eigenvalue weighted by Crippen LogP contribution is 2.38. The van der Waals surface area contributed by atoms with Crippen LogP contribution in [0.25, 0.3) is 11.1 Å². The van der Waals surface area contributed by atoms with Crippen molar-refractivity contribution >= 4 is 15.7 Å². The summed E-state index contributed by atoms with van der Waals surface area (Å²) in [6, 6.07) is 18.9. The molecule has 1 atom stereocenters. The molecule has 0 aromatic heterocycles. The quantitative estimate of drug-likeness (QED) is 0.358. The van der Waals surface area contributed by atoms with Crippen LogP contribution in [0.4, 0.5) is 5.69 Å². The van der Waals surface area contributed by atoms with Gasteiger partial charge in [-0.05, 0) is 53.3 Å². The highest BCUT2D eigenvalue weighted by Gasteiger charge is 2.28. The summed E-state index contributed by atoms with van der Waals surface area (Å²) < 4.78 is 27.3. The molecule has 0 bridgehead atoms. The molecule has 0 saturated heterocycles. The van der Waals surface area contributed by atoms with Gasteiger partial charge in [0.1, 0.15) is 0 Å². The van der Waals surface area contributed by atoms with Gasteiger partial charge in [0.05, 0.1) is 9.82 Å². The van der Waals surface area contributed by atoms with Crippen molar-refractivity contribution in [2.75, 3.05) is 7.05 Å². The molecule has 1 unspecified atom stereocenters. The van der Waals surface area contributed by atoms with Crippen LogP contribution >= 0.6 is 0 Å². The highest BCUT2D eigenvalue weighted by atomic mass is 32.2. The predicted octanol–water partition coefficient (Wildman–Crippen LogP) is 4.55. The first-order valence-electron chi connectivity index (χ1n) is 9.22. The fraction of sp³-hybridized carbons (Fsp3) is 0.182. The van der Waals surface area contributed by atoms with Gasteiger partial charge in [-0.15, -0.1) is 0 Å². The minimum absolute atomic E-state index is 0.0333. The van der Waals surface area contributed by atoms with Crippen molar-refractivity contribution in [3.8, 4) is 11.1 Å². The van der Waals surface area contributed by atoms with Crippen LogP contribution in [0.3, 0.4) is 0 Å². The lowest BCUT2D eigenvalue weighted by Crippen LogP contribution is -2.29. The second kappa shape index (κ2) is 7.09. The van der Waals surface area contributed by atoms with Crippen LogP contribution in [0.1, 0.15) is 29.7 Å². The Labute approximate surface area is 169 Å². The van der Waals surface area contributed by atoms with Crippen molar-refractivity contribution in [2.24, 2.45) is 0 Å². The van der Waals surface area contributed by atoms with Gasteiger partial charge in [0.2, 0.25) is 10.0 Å². The summed E-state index contributed by atoms with van der Waals surface area (Å²) in [5.41, 5.74) is 5.66. The molecule has 0 aliphatic heterocycles. The van der Waals surface area contributed by atoms with Crippen LogP contribution in [0.15, 0.2) is 71.6 Å². The van der Waals surface area contributed by atoms with E-state index < -0.39 is 14.9 Å². The molecule has 3 aromatic rings. The van der Waals surface area contributed by atoms with Crippen molar-refractivity contribution in [3.63, 3.8) is 0 Å². The van der Waals surface area contributed by atoms with E-state index in [1.165, 1.54) is 57.9 Å². The van der Waals surface area contributed by atoms with E-state index in [1.807, 2.05) is 25.1 Å². The summed E-state index contributed by atoms with van der Waals surface area (Å²) in [6.45, 7) is 1.84. The molecule has 7 heteroatoms. The Balaban J connectivity index is 1.62. The smallest absolute Gasteiger partial charge is 0.258 e. The van der Waals surface area contributed by atoms with Crippen molar-refractivity contribution in [3.05, 3.63) is 93.5 Å². The third-order valence-electron chi connectivity index (χ3n) is 5.57. The minimum atomic E-state index is -3.79. The van der Waals surface area contributed by atoms with Gasteiger partial charge in [0, 0.05) is 25.2 Å². The summed E-state index contributed by atoms with van der Waals surface area (Å²) in [5.74, 6) is 0. The molecule has 148 valence electrons. The number of fused-ring (bicyclic) bond motifs is 3. The summed E-state index contributed by atoms with van der Waals surface area (Å²) in [4.78, 5) is 10.3. The van der Waals surface area contributed by atoms with Crippen LogP contribution in [-0.2, 0) is 16.4 Å². The summed E-state index contributed by atoms with van der Waals surface area (Å²) in [6.07, 6.45) is 0.838. The van der Waals surface area contributed by atoms with Gasteiger partial charge in [-0.1, -0.05) is 42.5 Å². The van der Waals surface area contributed by atoms with Crippen molar-refractivity contribution in [1.29, 1.82) is 0 Å². The van der Waals surface area contributed by atoms with Gasteiger partial charge < -0.3 is 0 Å². The number of hydrogen-bond acceptors (Lipinski definition) is 4. The maximum atomic E-state index is 13.0. The third-order valence-corrected chi connectivity index (χ3v) is 7.51. The third kappa shape index (κ3) is 3.32. The maximum Gasteiger partial charge on any atom is 0.269 e. The van der Waals surface area contributed by atoms with E-state index >= 15 is 0 Å². The second-order valence-corrected chi connectivity index (χ2v) is 9.20. The summed E-state index contributed by atoms with van der Waals surface area (Å²) in [7, 11) is -2.25. The second-order valence-electron chi connectivity index (χ2n) is 7.20. The topological polar surface area (TPSA) is 80.5 Å². The molecule has 1 aliphatic carbocycles. The molecular weight excluding hydrogens is 388 g/mol. The minimum Gasteiger partial charge on any atom is -0.258 e. The normalized spacial score (nSPS) is 13.8. The first-order chi connectivity index (χ1) is 13.8. The Kier molecular flexibility index (Phi) is 4.72. The van der Waals surface area contributed by atoms with Crippen LogP contribution in [0, 0.1) is 10.1 Å². The van der Waals surface area contributed by atoms with Crippen LogP contribution in [0.5, 0.6) is 0 Å². The molecule has 3 aromatic carbocycles. The standard InChI is InChI=1S/C22H20N2O4S/c1-15(23(2)29(27,28)20-10-8-19(9-11-20)24(25)26)16-7-12-22-18(13-16)14-17-5-3-4-6-21(17)22/h3-13,15H,14H2,1-2H3. The Hall–Kier alpha value is -3.03. The van der Waals surface area contributed by atoms with Gasteiger partial charge in [-0.2, -0.15) is 4.31 Å². The molecule has 29 heavy (non-hydrogen) atoms. The molecule has 0 heterocycles. The van der Waals surface area contributed by atoms with E-state index in [4.69, 9.17) is 0 Å². The number of non-ortho nitro benzene ring substituents is 1. The van der Waals surface area contributed by atoms with Crippen molar-refractivity contribution < 1.29 is 13.3 Å². The Morgan fingerprint density at radius 1 is 0.966 bits per heavy atom.